The van der Waals surface area contributed by atoms with Crippen LogP contribution in [0.25, 0.3) is 0 Å². The van der Waals surface area contributed by atoms with E-state index in [9.17, 15) is 14.0 Å². The predicted octanol–water partition coefficient (Wildman–Crippen LogP) is 4.85. The van der Waals surface area contributed by atoms with Crippen LogP contribution >= 0.6 is 11.6 Å². The summed E-state index contributed by atoms with van der Waals surface area (Å²) in [5.74, 6) is -1.65. The summed E-state index contributed by atoms with van der Waals surface area (Å²) in [6.07, 6.45) is 0. The van der Waals surface area contributed by atoms with Gasteiger partial charge in [-0.2, -0.15) is 0 Å². The molecule has 0 bridgehead atoms. The second-order valence-electron chi connectivity index (χ2n) is 6.05. The smallest absolute Gasteiger partial charge is 0.341 e. The second-order valence-corrected chi connectivity index (χ2v) is 6.48. The summed E-state index contributed by atoms with van der Waals surface area (Å²) in [7, 11) is 0. The van der Waals surface area contributed by atoms with Crippen molar-refractivity contribution in [2.45, 2.75) is 6.61 Å². The Kier molecular flexibility index (Phi) is 6.81. The number of ether oxygens (including phenoxy) is 2. The molecular weight excluding hydrogens is 397 g/mol. The molecular formula is C22H17ClFNO4. The van der Waals surface area contributed by atoms with Gasteiger partial charge in [-0.25, -0.2) is 9.18 Å². The maximum absolute atomic E-state index is 13.6. The summed E-state index contributed by atoms with van der Waals surface area (Å²) >= 11 is 5.74. The van der Waals surface area contributed by atoms with Crippen LogP contribution in [0, 0.1) is 5.82 Å². The first-order valence-electron chi connectivity index (χ1n) is 8.70. The number of benzene rings is 3. The van der Waals surface area contributed by atoms with Crippen molar-refractivity contribution in [1.29, 1.82) is 0 Å². The number of nitrogens with one attached hydrogen (secondary N) is 1. The Morgan fingerprint density at radius 2 is 1.69 bits per heavy atom. The Hall–Kier alpha value is -3.38. The van der Waals surface area contributed by atoms with Gasteiger partial charge in [0.2, 0.25) is 0 Å². The zero-order valence-electron chi connectivity index (χ0n) is 15.2. The molecule has 0 heterocycles. The van der Waals surface area contributed by atoms with Gasteiger partial charge in [-0.3, -0.25) is 4.79 Å². The van der Waals surface area contributed by atoms with Crippen molar-refractivity contribution in [2.75, 3.05) is 11.9 Å². The first kappa shape index (κ1) is 20.4. The van der Waals surface area contributed by atoms with Gasteiger partial charge in [0.05, 0.1) is 5.56 Å². The Bertz CT molecular complexity index is 993. The third-order valence-electron chi connectivity index (χ3n) is 3.87. The molecule has 0 aromatic heterocycles. The van der Waals surface area contributed by atoms with E-state index < -0.39 is 24.3 Å². The number of anilines is 1. The molecule has 1 amide bonds. The molecule has 0 spiro atoms. The van der Waals surface area contributed by atoms with E-state index in [-0.39, 0.29) is 10.6 Å². The third-order valence-corrected chi connectivity index (χ3v) is 4.10. The highest BCUT2D eigenvalue weighted by Gasteiger charge is 2.15. The zero-order chi connectivity index (χ0) is 20.6. The number of carbonyl (C=O) groups is 2. The van der Waals surface area contributed by atoms with E-state index >= 15 is 0 Å². The fourth-order valence-electron chi connectivity index (χ4n) is 2.44. The number of hydrogen-bond acceptors (Lipinski definition) is 4. The molecule has 0 aliphatic rings. The molecule has 148 valence electrons. The van der Waals surface area contributed by atoms with E-state index in [2.05, 4.69) is 5.32 Å². The van der Waals surface area contributed by atoms with Crippen molar-refractivity contribution in [1.82, 2.24) is 0 Å². The van der Waals surface area contributed by atoms with Crippen LogP contribution in [-0.2, 0) is 16.1 Å². The molecule has 3 aromatic rings. The van der Waals surface area contributed by atoms with Crippen LogP contribution in [0.3, 0.4) is 0 Å². The maximum Gasteiger partial charge on any atom is 0.341 e. The molecule has 0 saturated heterocycles. The molecule has 0 unspecified atom stereocenters. The molecule has 7 heteroatoms. The number of esters is 1. The quantitative estimate of drug-likeness (QED) is 0.562. The number of halogens is 2. The van der Waals surface area contributed by atoms with Gasteiger partial charge in [-0.15, -0.1) is 0 Å². The largest absolute Gasteiger partial charge is 0.489 e. The molecule has 0 radical (unpaired) electrons. The van der Waals surface area contributed by atoms with Gasteiger partial charge in [0.15, 0.2) is 6.61 Å². The molecule has 0 saturated carbocycles. The Morgan fingerprint density at radius 1 is 0.966 bits per heavy atom. The zero-order valence-corrected chi connectivity index (χ0v) is 16.0. The maximum atomic E-state index is 13.6. The van der Waals surface area contributed by atoms with E-state index in [1.165, 1.54) is 6.07 Å². The van der Waals surface area contributed by atoms with Gasteiger partial charge < -0.3 is 14.8 Å². The minimum atomic E-state index is -0.968. The number of rotatable bonds is 7. The Balaban J connectivity index is 1.47. The van der Waals surface area contributed by atoms with Crippen LogP contribution in [-0.4, -0.2) is 18.5 Å². The van der Waals surface area contributed by atoms with E-state index in [4.69, 9.17) is 21.1 Å². The summed E-state index contributed by atoms with van der Waals surface area (Å²) in [6.45, 7) is -0.125. The van der Waals surface area contributed by atoms with Crippen LogP contribution in [0.2, 0.25) is 5.02 Å². The monoisotopic (exact) mass is 413 g/mol. The van der Waals surface area contributed by atoms with E-state index in [1.54, 1.807) is 24.3 Å². The van der Waals surface area contributed by atoms with E-state index in [0.717, 1.165) is 17.7 Å². The van der Waals surface area contributed by atoms with Gasteiger partial charge >= 0.3 is 5.97 Å². The van der Waals surface area contributed by atoms with Crippen LogP contribution in [0.15, 0.2) is 72.8 Å². The summed E-state index contributed by atoms with van der Waals surface area (Å²) in [5, 5.41) is 2.78. The second kappa shape index (κ2) is 9.71. The molecule has 0 atom stereocenters. The number of amides is 1. The van der Waals surface area contributed by atoms with Crippen molar-refractivity contribution < 1.29 is 23.5 Å². The molecule has 0 aliphatic carbocycles. The lowest BCUT2D eigenvalue weighted by Crippen LogP contribution is -2.21. The third kappa shape index (κ3) is 6.05. The van der Waals surface area contributed by atoms with Crippen molar-refractivity contribution >= 4 is 29.2 Å². The van der Waals surface area contributed by atoms with Crippen LogP contribution in [0.4, 0.5) is 10.1 Å². The van der Waals surface area contributed by atoms with Gasteiger partial charge in [-0.05, 0) is 48.0 Å². The number of carbonyl (C=O) groups excluding carboxylic acids is 2. The Morgan fingerprint density at radius 3 is 2.41 bits per heavy atom. The lowest BCUT2D eigenvalue weighted by molar-refractivity contribution is -0.119. The van der Waals surface area contributed by atoms with Crippen molar-refractivity contribution in [3.8, 4) is 5.75 Å². The lowest BCUT2D eigenvalue weighted by atomic mass is 10.2. The summed E-state index contributed by atoms with van der Waals surface area (Å²) in [5.41, 5.74) is 1.22. The minimum absolute atomic E-state index is 0.192. The van der Waals surface area contributed by atoms with Crippen LogP contribution < -0.4 is 10.1 Å². The molecule has 1 N–H and O–H groups in total. The molecule has 3 rings (SSSR count). The fraction of sp³-hybridized carbons (Fsp3) is 0.0909. The number of hydrogen-bond donors (Lipinski definition) is 1. The van der Waals surface area contributed by atoms with Gasteiger partial charge in [0.1, 0.15) is 18.2 Å². The van der Waals surface area contributed by atoms with Gasteiger partial charge in [0.25, 0.3) is 5.91 Å². The van der Waals surface area contributed by atoms with Crippen molar-refractivity contribution in [2.24, 2.45) is 0 Å². The summed E-state index contributed by atoms with van der Waals surface area (Å²) in [4.78, 5) is 23.8. The summed E-state index contributed by atoms with van der Waals surface area (Å²) in [6, 6.07) is 20.0. The fourth-order valence-corrected chi connectivity index (χ4v) is 2.61. The van der Waals surface area contributed by atoms with E-state index in [1.807, 2.05) is 30.3 Å². The van der Waals surface area contributed by atoms with Gasteiger partial charge in [0, 0.05) is 10.7 Å². The highest BCUT2D eigenvalue weighted by atomic mass is 35.5. The van der Waals surface area contributed by atoms with Crippen LogP contribution in [0.1, 0.15) is 15.9 Å². The molecule has 0 aliphatic heterocycles. The molecule has 5 nitrogen and oxygen atoms in total. The van der Waals surface area contributed by atoms with E-state index in [0.29, 0.717) is 18.0 Å². The minimum Gasteiger partial charge on any atom is -0.489 e. The average molecular weight is 414 g/mol. The van der Waals surface area contributed by atoms with Crippen molar-refractivity contribution in [3.63, 3.8) is 0 Å². The topological polar surface area (TPSA) is 64.6 Å². The van der Waals surface area contributed by atoms with Crippen molar-refractivity contribution in [3.05, 3.63) is 94.8 Å². The standard InChI is InChI=1S/C22H17ClFNO4/c23-16-6-11-20(24)19(12-16)22(27)29-14-21(26)25-17-7-9-18(10-8-17)28-13-15-4-2-1-3-5-15/h1-12H,13-14H2,(H,25,26). The first-order chi connectivity index (χ1) is 14.0. The average Bonchev–Trinajstić information content (AvgIpc) is 2.74. The SMILES string of the molecule is O=C(COC(=O)c1cc(Cl)ccc1F)Nc1ccc(OCc2ccccc2)cc1. The highest BCUT2D eigenvalue weighted by molar-refractivity contribution is 6.30. The van der Waals surface area contributed by atoms with Crippen LogP contribution in [0.5, 0.6) is 5.75 Å². The predicted molar refractivity (Wildman–Crippen MR) is 108 cm³/mol. The summed E-state index contributed by atoms with van der Waals surface area (Å²) < 4.78 is 24.1. The molecule has 0 fully saturated rings. The molecule has 29 heavy (non-hydrogen) atoms. The Labute approximate surface area is 172 Å². The first-order valence-corrected chi connectivity index (χ1v) is 9.08. The normalized spacial score (nSPS) is 10.3. The van der Waals surface area contributed by atoms with Gasteiger partial charge in [-0.1, -0.05) is 41.9 Å². The lowest BCUT2D eigenvalue weighted by Gasteiger charge is -2.09. The molecule has 3 aromatic carbocycles. The highest BCUT2D eigenvalue weighted by Crippen LogP contribution is 2.18.